The van der Waals surface area contributed by atoms with Crippen molar-refractivity contribution in [2.45, 2.75) is 26.4 Å². The van der Waals surface area contributed by atoms with E-state index in [1.165, 1.54) is 4.90 Å². The molecule has 0 aromatic carbocycles. The van der Waals surface area contributed by atoms with Gasteiger partial charge in [0.05, 0.1) is 37.5 Å². The largest absolute Gasteiger partial charge is 0.464 e. The first kappa shape index (κ1) is 15.9. The third-order valence-corrected chi connectivity index (χ3v) is 4.48. The maximum Gasteiger partial charge on any atom is 0.346 e. The number of hydrogen-bond donors (Lipinski definition) is 0. The Labute approximate surface area is 132 Å². The van der Waals surface area contributed by atoms with Crippen LogP contribution in [0.1, 0.15) is 29.1 Å². The molecule has 2 fully saturated rings. The van der Waals surface area contributed by atoms with Crippen molar-refractivity contribution >= 4 is 11.9 Å². The average Bonchev–Trinajstić information content (AvgIpc) is 2.96. The average molecular weight is 326 g/mol. The fourth-order valence-corrected chi connectivity index (χ4v) is 3.19. The van der Waals surface area contributed by atoms with Gasteiger partial charge >= 0.3 is 5.97 Å². The number of alkyl halides is 1. The van der Waals surface area contributed by atoms with Crippen LogP contribution in [0.5, 0.6) is 0 Å². The summed E-state index contributed by atoms with van der Waals surface area (Å²) in [5.41, 5.74) is -2.86. The normalized spacial score (nSPS) is 25.5. The van der Waals surface area contributed by atoms with Crippen LogP contribution in [0.15, 0.2) is 4.42 Å². The minimum absolute atomic E-state index is 0.0750. The van der Waals surface area contributed by atoms with Gasteiger partial charge in [-0.15, -0.1) is 0 Å². The Bertz CT molecular complexity index is 654. The molecule has 1 spiro atoms. The number of aromatic nitrogens is 1. The standard InChI is InChI=1S/C15H19FN2O5/c1-4-22-13(20)15(16)6-18(5-14(15)7-21-8-14)12(19)11-9(2)17-10(3)23-11/h4-8H2,1-3H3/t15-/m0/s1. The van der Waals surface area contributed by atoms with Crippen molar-refractivity contribution in [3.05, 3.63) is 17.3 Å². The zero-order valence-electron chi connectivity index (χ0n) is 13.3. The molecule has 0 N–H and O–H groups in total. The van der Waals surface area contributed by atoms with Crippen LogP contribution in [0.25, 0.3) is 0 Å². The van der Waals surface area contributed by atoms with Crippen LogP contribution in [0.2, 0.25) is 0 Å². The second-order valence-corrected chi connectivity index (χ2v) is 6.10. The van der Waals surface area contributed by atoms with Crippen molar-refractivity contribution in [1.29, 1.82) is 0 Å². The number of esters is 1. The van der Waals surface area contributed by atoms with E-state index in [2.05, 4.69) is 4.98 Å². The van der Waals surface area contributed by atoms with Gasteiger partial charge < -0.3 is 18.8 Å². The number of amides is 1. The van der Waals surface area contributed by atoms with Gasteiger partial charge in [0.2, 0.25) is 11.4 Å². The smallest absolute Gasteiger partial charge is 0.346 e. The first-order chi connectivity index (χ1) is 10.8. The van der Waals surface area contributed by atoms with Gasteiger partial charge in [-0.2, -0.15) is 0 Å². The van der Waals surface area contributed by atoms with Crippen molar-refractivity contribution in [1.82, 2.24) is 9.88 Å². The number of hydrogen-bond acceptors (Lipinski definition) is 6. The molecule has 0 aliphatic carbocycles. The summed E-state index contributed by atoms with van der Waals surface area (Å²) in [5.74, 6) is -0.975. The Kier molecular flexibility index (Phi) is 3.66. The summed E-state index contributed by atoms with van der Waals surface area (Å²) in [6, 6.07) is 0. The van der Waals surface area contributed by atoms with Gasteiger partial charge in [0.1, 0.15) is 0 Å². The van der Waals surface area contributed by atoms with E-state index in [1.807, 2.05) is 0 Å². The highest BCUT2D eigenvalue weighted by atomic mass is 19.1. The highest BCUT2D eigenvalue weighted by Crippen LogP contribution is 2.48. The summed E-state index contributed by atoms with van der Waals surface area (Å²) in [5, 5.41) is 0. The zero-order valence-corrected chi connectivity index (χ0v) is 13.3. The molecule has 0 saturated carbocycles. The van der Waals surface area contributed by atoms with Crippen LogP contribution in [0.4, 0.5) is 4.39 Å². The SMILES string of the molecule is CCOC(=O)[C@@]1(F)CN(C(=O)c2oc(C)nc2C)CC12COC2. The Balaban J connectivity index is 1.88. The van der Waals surface area contributed by atoms with E-state index in [-0.39, 0.29) is 38.7 Å². The highest BCUT2D eigenvalue weighted by Gasteiger charge is 2.69. The van der Waals surface area contributed by atoms with Crippen molar-refractivity contribution < 1.29 is 27.9 Å². The molecule has 1 atom stereocenters. The second-order valence-electron chi connectivity index (χ2n) is 6.10. The lowest BCUT2D eigenvalue weighted by Gasteiger charge is -2.43. The van der Waals surface area contributed by atoms with E-state index in [4.69, 9.17) is 13.9 Å². The van der Waals surface area contributed by atoms with Crippen LogP contribution in [-0.2, 0) is 14.3 Å². The molecule has 8 heteroatoms. The molecule has 3 rings (SSSR count). The molecule has 2 aliphatic rings. The van der Waals surface area contributed by atoms with Gasteiger partial charge in [-0.25, -0.2) is 14.2 Å². The quantitative estimate of drug-likeness (QED) is 0.772. The highest BCUT2D eigenvalue weighted by molar-refractivity contribution is 5.94. The Morgan fingerprint density at radius 1 is 1.35 bits per heavy atom. The molecule has 0 bridgehead atoms. The number of oxazole rings is 1. The number of carbonyl (C=O) groups excluding carboxylic acids is 2. The monoisotopic (exact) mass is 326 g/mol. The van der Waals surface area contributed by atoms with E-state index in [0.29, 0.717) is 11.6 Å². The van der Waals surface area contributed by atoms with E-state index in [1.54, 1.807) is 20.8 Å². The fourth-order valence-electron chi connectivity index (χ4n) is 3.19. The number of carbonyl (C=O) groups is 2. The molecule has 2 saturated heterocycles. The first-order valence-corrected chi connectivity index (χ1v) is 7.50. The molecule has 1 amide bonds. The first-order valence-electron chi connectivity index (χ1n) is 7.50. The van der Waals surface area contributed by atoms with Gasteiger partial charge in [0.25, 0.3) is 5.91 Å². The summed E-state index contributed by atoms with van der Waals surface area (Å²) in [6.07, 6.45) is 0. The Hall–Kier alpha value is -1.96. The lowest BCUT2D eigenvalue weighted by Crippen LogP contribution is -2.61. The number of likely N-dealkylation sites (tertiary alicyclic amines) is 1. The van der Waals surface area contributed by atoms with Crippen molar-refractivity contribution in [3.63, 3.8) is 0 Å². The van der Waals surface area contributed by atoms with E-state index < -0.39 is 23.0 Å². The van der Waals surface area contributed by atoms with Crippen molar-refractivity contribution in [3.8, 4) is 0 Å². The second kappa shape index (κ2) is 5.30. The number of aryl methyl sites for hydroxylation is 2. The van der Waals surface area contributed by atoms with Crippen LogP contribution in [0, 0.1) is 19.3 Å². The molecular formula is C15H19FN2O5. The lowest BCUT2D eigenvalue weighted by molar-refractivity contribution is -0.196. The van der Waals surface area contributed by atoms with Gasteiger partial charge in [-0.1, -0.05) is 0 Å². The predicted molar refractivity (Wildman–Crippen MR) is 75.6 cm³/mol. The third-order valence-electron chi connectivity index (χ3n) is 4.48. The summed E-state index contributed by atoms with van der Waals surface area (Å²) in [6.45, 7) is 4.86. The molecule has 0 unspecified atom stereocenters. The van der Waals surface area contributed by atoms with Crippen molar-refractivity contribution in [2.24, 2.45) is 5.41 Å². The Morgan fingerprint density at radius 3 is 2.52 bits per heavy atom. The van der Waals surface area contributed by atoms with Crippen LogP contribution < -0.4 is 0 Å². The van der Waals surface area contributed by atoms with Gasteiger partial charge in [-0.3, -0.25) is 4.79 Å². The van der Waals surface area contributed by atoms with Crippen LogP contribution >= 0.6 is 0 Å². The van der Waals surface area contributed by atoms with E-state index in [9.17, 15) is 9.59 Å². The molecule has 0 radical (unpaired) electrons. The van der Waals surface area contributed by atoms with Gasteiger partial charge in [0, 0.05) is 13.5 Å². The number of nitrogens with zero attached hydrogens (tertiary/aromatic N) is 2. The molecule has 126 valence electrons. The van der Waals surface area contributed by atoms with E-state index in [0.717, 1.165) is 0 Å². The minimum Gasteiger partial charge on any atom is -0.464 e. The minimum atomic E-state index is -2.26. The number of ether oxygens (including phenoxy) is 2. The van der Waals surface area contributed by atoms with Crippen LogP contribution in [0.3, 0.4) is 0 Å². The van der Waals surface area contributed by atoms with Crippen LogP contribution in [-0.4, -0.2) is 60.3 Å². The number of halogens is 1. The molecule has 7 nitrogen and oxygen atoms in total. The van der Waals surface area contributed by atoms with E-state index >= 15 is 4.39 Å². The van der Waals surface area contributed by atoms with Gasteiger partial charge in [-0.05, 0) is 13.8 Å². The summed E-state index contributed by atoms with van der Waals surface area (Å²) < 4.78 is 30.7. The molecule has 2 aliphatic heterocycles. The molecular weight excluding hydrogens is 307 g/mol. The topological polar surface area (TPSA) is 81.9 Å². The molecule has 1 aromatic rings. The number of rotatable bonds is 3. The third kappa shape index (κ3) is 2.23. The van der Waals surface area contributed by atoms with Gasteiger partial charge in [0.15, 0.2) is 5.89 Å². The molecule has 23 heavy (non-hydrogen) atoms. The maximum atomic E-state index is 15.4. The zero-order chi connectivity index (χ0) is 16.8. The summed E-state index contributed by atoms with van der Waals surface area (Å²) in [7, 11) is 0. The predicted octanol–water partition coefficient (Wildman–Crippen LogP) is 1.04. The molecule has 3 heterocycles. The lowest BCUT2D eigenvalue weighted by atomic mass is 9.74. The Morgan fingerprint density at radius 2 is 2.04 bits per heavy atom. The summed E-state index contributed by atoms with van der Waals surface area (Å²) >= 11 is 0. The fraction of sp³-hybridized carbons (Fsp3) is 0.667. The summed E-state index contributed by atoms with van der Waals surface area (Å²) in [4.78, 5) is 30.1. The van der Waals surface area contributed by atoms with Crippen molar-refractivity contribution in [2.75, 3.05) is 32.9 Å². The molecule has 1 aromatic heterocycles. The maximum absolute atomic E-state index is 15.4.